The van der Waals surface area contributed by atoms with Crippen molar-refractivity contribution >= 4 is 35.6 Å². The van der Waals surface area contributed by atoms with Crippen LogP contribution in [0.5, 0.6) is 0 Å². The van der Waals surface area contributed by atoms with E-state index in [1.54, 1.807) is 0 Å². The number of Topliss-reactive ketones (excluding diaryl/α,β-unsaturated/α-hetero) is 1. The maximum absolute atomic E-state index is 10.3. The molecule has 228 valence electrons. The summed E-state index contributed by atoms with van der Waals surface area (Å²) >= 11 is 0. The molecule has 0 unspecified atom stereocenters. The Labute approximate surface area is 222 Å². The minimum atomic E-state index is -2.74. The molecule has 0 saturated heterocycles. The smallest absolute Gasteiger partial charge is 0.372 e. The Bertz CT molecular complexity index is 716. The van der Waals surface area contributed by atoms with Crippen molar-refractivity contribution in [2.75, 3.05) is 65.7 Å². The summed E-state index contributed by atoms with van der Waals surface area (Å²) in [5, 5.41) is 85.0. The number of carboxylic acid groups (broad SMARTS) is 5. The topological polar surface area (TPSA) is 311 Å². The molecule has 39 heavy (non-hydrogen) atoms. The maximum atomic E-state index is 10.3. The highest BCUT2D eigenvalue weighted by atomic mass is 16.4. The summed E-state index contributed by atoms with van der Waals surface area (Å²) in [6.45, 7) is 3.83. The van der Waals surface area contributed by atoms with Crippen LogP contribution in [0.15, 0.2) is 0 Å². The molecule has 0 aromatic carbocycles. The molecule has 0 heterocycles. The largest absolute Gasteiger partial charge is 0.481 e. The Morgan fingerprint density at radius 3 is 1.05 bits per heavy atom. The Morgan fingerprint density at radius 2 is 0.846 bits per heavy atom. The van der Waals surface area contributed by atoms with Crippen molar-refractivity contribution in [3.8, 4) is 0 Å². The van der Waals surface area contributed by atoms with Crippen molar-refractivity contribution in [3.05, 3.63) is 0 Å². The van der Waals surface area contributed by atoms with Crippen molar-refractivity contribution in [3.63, 3.8) is 0 Å². The number of aliphatic hydroxyl groups is 5. The van der Waals surface area contributed by atoms with Crippen LogP contribution >= 0.6 is 0 Å². The van der Waals surface area contributed by atoms with Crippen LogP contribution < -0.4 is 0 Å². The summed E-state index contributed by atoms with van der Waals surface area (Å²) in [6.07, 6.45) is -3.15. The summed E-state index contributed by atoms with van der Waals surface area (Å²) in [5.41, 5.74) is -2.74. The zero-order chi connectivity index (χ0) is 31.0. The highest BCUT2D eigenvalue weighted by molar-refractivity contribution is 6.32. The molecule has 0 atom stereocenters. The second-order valence-corrected chi connectivity index (χ2v) is 7.68. The van der Waals surface area contributed by atoms with Gasteiger partial charge in [0, 0.05) is 45.7 Å². The fourth-order valence-corrected chi connectivity index (χ4v) is 2.56. The molecule has 0 radical (unpaired) electrons. The second-order valence-electron chi connectivity index (χ2n) is 7.68. The van der Waals surface area contributed by atoms with Gasteiger partial charge in [-0.1, -0.05) is 0 Å². The van der Waals surface area contributed by atoms with Crippen molar-refractivity contribution in [1.82, 2.24) is 9.80 Å². The highest BCUT2D eigenvalue weighted by Gasteiger charge is 2.40. The third-order valence-corrected chi connectivity index (χ3v) is 4.49. The van der Waals surface area contributed by atoms with Crippen molar-refractivity contribution in [1.29, 1.82) is 0 Å². The van der Waals surface area contributed by atoms with Gasteiger partial charge in [-0.15, -0.1) is 0 Å². The van der Waals surface area contributed by atoms with Gasteiger partial charge in [0.15, 0.2) is 5.60 Å². The first-order valence-electron chi connectivity index (χ1n) is 11.3. The number of hydrogen-bond acceptors (Lipinski definition) is 13. The van der Waals surface area contributed by atoms with E-state index in [-0.39, 0.29) is 26.4 Å². The first kappa shape index (κ1) is 40.2. The van der Waals surface area contributed by atoms with Gasteiger partial charge in [-0.25, -0.2) is 9.59 Å². The summed E-state index contributed by atoms with van der Waals surface area (Å²) in [4.78, 5) is 64.1. The van der Waals surface area contributed by atoms with Gasteiger partial charge in [0.25, 0.3) is 0 Å². The number of carbonyl (C=O) groups excluding carboxylic acids is 1. The van der Waals surface area contributed by atoms with Gasteiger partial charge in [0.2, 0.25) is 5.78 Å². The minimum Gasteiger partial charge on any atom is -0.481 e. The fourth-order valence-electron chi connectivity index (χ4n) is 2.56. The first-order chi connectivity index (χ1) is 18.1. The summed E-state index contributed by atoms with van der Waals surface area (Å²) in [6, 6.07) is 0. The number of nitrogens with zero attached hydrogens (tertiary/aromatic N) is 2. The molecule has 18 nitrogen and oxygen atoms in total. The predicted octanol–water partition coefficient (Wildman–Crippen LogP) is -4.18. The lowest BCUT2D eigenvalue weighted by Crippen LogP contribution is -2.42. The number of aliphatic hydroxyl groups excluding tert-OH is 4. The van der Waals surface area contributed by atoms with Crippen molar-refractivity contribution in [2.24, 2.45) is 0 Å². The predicted molar refractivity (Wildman–Crippen MR) is 128 cm³/mol. The average Bonchev–Trinajstić information content (AvgIpc) is 2.81. The molecule has 0 aliphatic rings. The zero-order valence-corrected chi connectivity index (χ0v) is 21.2. The molecule has 0 aliphatic carbocycles. The van der Waals surface area contributed by atoms with Gasteiger partial charge in [-0.05, 0) is 0 Å². The van der Waals surface area contributed by atoms with E-state index in [2.05, 4.69) is 0 Å². The third kappa shape index (κ3) is 24.8. The molecule has 0 spiro atoms. The van der Waals surface area contributed by atoms with Crippen LogP contribution in [-0.4, -0.2) is 168 Å². The standard InChI is InChI=1S/C10H24N2O4.C6H8O7.C5H6O5/c13-7-3-11(4-8-14)1-2-12(5-9-15)6-10-16;7-3(8)1-6(13,5(11)12)2-4(9)10;6-3(5(9)10)1-2-4(7)8/h13-16H,1-10H2;13H,1-2H2,(H,7,8)(H,9,10)(H,11,12);1-2H2,(H,7,8)(H,9,10). The molecule has 0 rings (SSSR count). The van der Waals surface area contributed by atoms with Crippen LogP contribution in [0.25, 0.3) is 0 Å². The molecule has 0 aliphatic heterocycles. The molecule has 0 amide bonds. The van der Waals surface area contributed by atoms with E-state index >= 15 is 0 Å². The van der Waals surface area contributed by atoms with E-state index in [1.165, 1.54) is 0 Å². The quantitative estimate of drug-likeness (QED) is 0.0616. The lowest BCUT2D eigenvalue weighted by molar-refractivity contribution is -0.170. The number of ketones is 1. The molecule has 0 fully saturated rings. The van der Waals surface area contributed by atoms with E-state index in [0.717, 1.165) is 0 Å². The third-order valence-electron chi connectivity index (χ3n) is 4.49. The molecule has 0 saturated carbocycles. The maximum Gasteiger partial charge on any atom is 0.372 e. The lowest BCUT2D eigenvalue weighted by atomic mass is 9.96. The van der Waals surface area contributed by atoms with Gasteiger partial charge in [0.1, 0.15) is 0 Å². The first-order valence-corrected chi connectivity index (χ1v) is 11.3. The van der Waals surface area contributed by atoms with Crippen LogP contribution in [0.3, 0.4) is 0 Å². The van der Waals surface area contributed by atoms with Gasteiger partial charge in [-0.2, -0.15) is 0 Å². The van der Waals surface area contributed by atoms with Crippen LogP contribution in [0.1, 0.15) is 25.7 Å². The van der Waals surface area contributed by atoms with E-state index in [9.17, 15) is 28.8 Å². The van der Waals surface area contributed by atoms with Crippen LogP contribution in [0.2, 0.25) is 0 Å². The van der Waals surface area contributed by atoms with Gasteiger partial charge >= 0.3 is 29.8 Å². The van der Waals surface area contributed by atoms with Gasteiger partial charge in [-0.3, -0.25) is 29.0 Å². The molecule has 0 bridgehead atoms. The molecular formula is C21H38N2O16. The number of carbonyl (C=O) groups is 6. The van der Waals surface area contributed by atoms with Crippen molar-refractivity contribution < 1.29 is 79.8 Å². The SMILES string of the molecule is O=C(O)CC(O)(CC(=O)O)C(=O)O.O=C(O)CCC(=O)C(=O)O.OCCN(CCO)CCN(CCO)CCO. The van der Waals surface area contributed by atoms with Crippen molar-refractivity contribution in [2.45, 2.75) is 31.3 Å². The Kier molecular flexibility index (Phi) is 24.6. The number of aliphatic carboxylic acids is 5. The Morgan fingerprint density at radius 1 is 0.513 bits per heavy atom. The van der Waals surface area contributed by atoms with Crippen LogP contribution in [0.4, 0.5) is 0 Å². The molecule has 18 heteroatoms. The van der Waals surface area contributed by atoms with E-state index in [4.69, 9.17) is 51.1 Å². The van der Waals surface area contributed by atoms with E-state index in [1.807, 2.05) is 9.80 Å². The van der Waals surface area contributed by atoms with Crippen LogP contribution in [-0.2, 0) is 28.8 Å². The Hall–Kier alpha value is -3.26. The van der Waals surface area contributed by atoms with E-state index < -0.39 is 66.9 Å². The number of carboxylic acids is 5. The fraction of sp³-hybridized carbons (Fsp3) is 0.714. The average molecular weight is 575 g/mol. The second kappa shape index (κ2) is 23.8. The summed E-state index contributed by atoms with van der Waals surface area (Å²) in [5.74, 6) is -8.84. The number of rotatable bonds is 20. The molecular weight excluding hydrogens is 536 g/mol. The van der Waals surface area contributed by atoms with Gasteiger partial charge < -0.3 is 51.1 Å². The van der Waals surface area contributed by atoms with E-state index in [0.29, 0.717) is 39.3 Å². The Balaban J connectivity index is -0.000000513. The summed E-state index contributed by atoms with van der Waals surface area (Å²) < 4.78 is 0. The number of hydrogen-bond donors (Lipinski definition) is 10. The van der Waals surface area contributed by atoms with Crippen LogP contribution in [0, 0.1) is 0 Å². The van der Waals surface area contributed by atoms with Gasteiger partial charge in [0.05, 0.1) is 45.7 Å². The summed E-state index contributed by atoms with van der Waals surface area (Å²) in [7, 11) is 0. The normalized spacial score (nSPS) is 10.6. The molecule has 10 N–H and O–H groups in total. The molecule has 0 aromatic heterocycles. The molecule has 0 aromatic rings. The zero-order valence-electron chi connectivity index (χ0n) is 21.2. The minimum absolute atomic E-state index is 0.0694. The lowest BCUT2D eigenvalue weighted by Gasteiger charge is -2.25. The monoisotopic (exact) mass is 574 g/mol. The highest BCUT2D eigenvalue weighted by Crippen LogP contribution is 2.15.